The van der Waals surface area contributed by atoms with Crippen molar-refractivity contribution in [2.75, 3.05) is 6.61 Å². The number of allylic oxidation sites excluding steroid dienone is 4. The van der Waals surface area contributed by atoms with E-state index in [1.54, 1.807) is 6.92 Å². The number of carboxylic acids is 1. The van der Waals surface area contributed by atoms with Gasteiger partial charge in [0.05, 0.1) is 12.2 Å². The Morgan fingerprint density at radius 2 is 1.57 bits per heavy atom. The summed E-state index contributed by atoms with van der Waals surface area (Å²) >= 11 is 0. The van der Waals surface area contributed by atoms with Crippen molar-refractivity contribution in [1.82, 2.24) is 0 Å². The van der Waals surface area contributed by atoms with Crippen LogP contribution in [0.3, 0.4) is 0 Å². The number of aliphatic hydroxyl groups is 1. The van der Waals surface area contributed by atoms with Crippen LogP contribution in [0.1, 0.15) is 145 Å². The molecule has 1 aliphatic rings. The molecule has 1 N–H and O–H groups in total. The predicted octanol–water partition coefficient (Wildman–Crippen LogP) is 8.73. The monoisotopic (exact) mass is 559 g/mol. The van der Waals surface area contributed by atoms with Crippen LogP contribution >= 0.6 is 0 Å². The van der Waals surface area contributed by atoms with Crippen LogP contribution in [-0.4, -0.2) is 29.9 Å². The molecule has 40 heavy (non-hydrogen) atoms. The number of carbonyl (C=O) groups excluding carboxylic acids is 1. The number of rotatable bonds is 22. The zero-order valence-electron chi connectivity index (χ0n) is 27.2. The van der Waals surface area contributed by atoms with Crippen LogP contribution in [0, 0.1) is 23.7 Å². The van der Waals surface area contributed by atoms with Gasteiger partial charge in [-0.15, -0.1) is 0 Å². The molecule has 0 spiro atoms. The van der Waals surface area contributed by atoms with E-state index in [0.717, 1.165) is 51.6 Å². The molecule has 0 aromatic rings. The first kappa shape index (κ1) is 36.6. The van der Waals surface area contributed by atoms with Gasteiger partial charge in [-0.2, -0.15) is 0 Å². The van der Waals surface area contributed by atoms with Crippen molar-refractivity contribution in [3.63, 3.8) is 0 Å². The molecule has 0 aromatic carbocycles. The molecule has 0 heterocycles. The highest BCUT2D eigenvalue weighted by atomic mass is 16.5. The highest BCUT2D eigenvalue weighted by molar-refractivity contribution is 5.66. The molecule has 6 atom stereocenters. The SMILES string of the molecule is CCCCCCCCOC1C(CCC(C)CCC/C(C)=C/CC/C(C)=C/CCC(C)C(=O)[O-])=CC(O)C(C)C1C. The Bertz CT molecular complexity index is 780. The molecule has 0 aliphatic heterocycles. The molecule has 1 rings (SSSR count). The summed E-state index contributed by atoms with van der Waals surface area (Å²) in [5.41, 5.74) is 4.13. The van der Waals surface area contributed by atoms with Gasteiger partial charge in [-0.1, -0.05) is 103 Å². The maximum Gasteiger partial charge on any atom is 0.0815 e. The van der Waals surface area contributed by atoms with Gasteiger partial charge < -0.3 is 19.7 Å². The number of aliphatic carboxylic acids is 1. The average Bonchev–Trinajstić information content (AvgIpc) is 2.91. The van der Waals surface area contributed by atoms with Crippen LogP contribution in [0.5, 0.6) is 0 Å². The lowest BCUT2D eigenvalue weighted by Crippen LogP contribution is -2.39. The summed E-state index contributed by atoms with van der Waals surface area (Å²) < 4.78 is 6.46. The van der Waals surface area contributed by atoms with Gasteiger partial charge in [0.2, 0.25) is 0 Å². The molecule has 0 aromatic heterocycles. The van der Waals surface area contributed by atoms with Crippen molar-refractivity contribution < 1.29 is 19.7 Å². The van der Waals surface area contributed by atoms with Crippen molar-refractivity contribution in [3.05, 3.63) is 34.9 Å². The molecule has 4 heteroatoms. The Morgan fingerprint density at radius 1 is 0.925 bits per heavy atom. The lowest BCUT2D eigenvalue weighted by Gasteiger charge is -2.38. The van der Waals surface area contributed by atoms with Crippen LogP contribution in [0.25, 0.3) is 0 Å². The van der Waals surface area contributed by atoms with E-state index < -0.39 is 5.97 Å². The smallest absolute Gasteiger partial charge is 0.0815 e. The predicted molar refractivity (Wildman–Crippen MR) is 168 cm³/mol. The highest BCUT2D eigenvalue weighted by Crippen LogP contribution is 2.35. The lowest BCUT2D eigenvalue weighted by molar-refractivity contribution is -0.311. The summed E-state index contributed by atoms with van der Waals surface area (Å²) in [7, 11) is 0. The summed E-state index contributed by atoms with van der Waals surface area (Å²) in [4.78, 5) is 10.8. The summed E-state index contributed by atoms with van der Waals surface area (Å²) in [5.74, 6) is -0.0833. The number of ether oxygens (including phenoxy) is 1. The number of carboxylic acid groups (broad SMARTS) is 1. The van der Waals surface area contributed by atoms with Crippen LogP contribution in [0.2, 0.25) is 0 Å². The van der Waals surface area contributed by atoms with Gasteiger partial charge in [-0.05, 0) is 101 Å². The summed E-state index contributed by atoms with van der Waals surface area (Å²) in [5, 5.41) is 21.4. The first-order chi connectivity index (χ1) is 19.1. The molecule has 0 bridgehead atoms. The molecule has 6 unspecified atom stereocenters. The first-order valence-electron chi connectivity index (χ1n) is 16.6. The van der Waals surface area contributed by atoms with E-state index in [1.807, 2.05) is 0 Å². The van der Waals surface area contributed by atoms with Crippen LogP contribution in [0.15, 0.2) is 34.9 Å². The molecular weight excluding hydrogens is 496 g/mol. The molecule has 0 amide bonds. The number of carbonyl (C=O) groups is 1. The van der Waals surface area contributed by atoms with Crippen LogP contribution in [-0.2, 0) is 9.53 Å². The highest BCUT2D eigenvalue weighted by Gasteiger charge is 2.34. The maximum atomic E-state index is 10.8. The van der Waals surface area contributed by atoms with Gasteiger partial charge >= 0.3 is 0 Å². The number of unbranched alkanes of at least 4 members (excludes halogenated alkanes) is 5. The molecule has 1 aliphatic carbocycles. The molecule has 0 saturated carbocycles. The Kier molecular flexibility index (Phi) is 19.5. The Labute approximate surface area is 247 Å². The van der Waals surface area contributed by atoms with Gasteiger partial charge in [-0.3, -0.25) is 0 Å². The minimum Gasteiger partial charge on any atom is -0.550 e. The van der Waals surface area contributed by atoms with E-state index in [1.165, 1.54) is 61.7 Å². The second-order valence-corrected chi connectivity index (χ2v) is 13.0. The minimum atomic E-state index is -0.954. The van der Waals surface area contributed by atoms with Crippen LogP contribution < -0.4 is 5.11 Å². The van der Waals surface area contributed by atoms with Gasteiger partial charge in [0.25, 0.3) is 0 Å². The fourth-order valence-corrected chi connectivity index (χ4v) is 5.70. The van der Waals surface area contributed by atoms with Crippen molar-refractivity contribution in [3.8, 4) is 0 Å². The van der Waals surface area contributed by atoms with Crippen molar-refractivity contribution in [2.24, 2.45) is 23.7 Å². The standard InChI is InChI=1S/C36H64O4/c1-8-9-10-11-12-13-25-40-35-32(7)31(6)34(37)26-33(35)24-23-29(4)20-15-19-27(2)17-14-18-28(3)21-16-22-30(5)36(38)39/h17,21,26,29-32,34-35,37H,8-16,18-20,22-25H2,1-7H3,(H,38,39)/p-1/b27-17+,28-21+. The third-order valence-electron chi connectivity index (χ3n) is 9.11. The van der Waals surface area contributed by atoms with E-state index in [9.17, 15) is 15.0 Å². The first-order valence-corrected chi connectivity index (χ1v) is 16.6. The van der Waals surface area contributed by atoms with Gasteiger partial charge in [0.15, 0.2) is 0 Å². The normalized spacial score (nSPS) is 23.6. The number of hydrogen-bond acceptors (Lipinski definition) is 4. The van der Waals surface area contributed by atoms with Gasteiger partial charge in [0.1, 0.15) is 0 Å². The molecule has 0 fully saturated rings. The van der Waals surface area contributed by atoms with Crippen molar-refractivity contribution >= 4 is 5.97 Å². The molecule has 4 nitrogen and oxygen atoms in total. The molecule has 0 radical (unpaired) electrons. The van der Waals surface area contributed by atoms with Gasteiger partial charge in [-0.25, -0.2) is 0 Å². The van der Waals surface area contributed by atoms with E-state index in [-0.39, 0.29) is 24.0 Å². The van der Waals surface area contributed by atoms with E-state index in [2.05, 4.69) is 59.8 Å². The van der Waals surface area contributed by atoms with Crippen molar-refractivity contribution in [1.29, 1.82) is 0 Å². The fraction of sp³-hybridized carbons (Fsp3) is 0.806. The topological polar surface area (TPSA) is 69.6 Å². The summed E-state index contributed by atoms with van der Waals surface area (Å²) in [6, 6.07) is 0. The van der Waals surface area contributed by atoms with E-state index >= 15 is 0 Å². The zero-order chi connectivity index (χ0) is 29.9. The second-order valence-electron chi connectivity index (χ2n) is 13.0. The molecule has 232 valence electrons. The fourth-order valence-electron chi connectivity index (χ4n) is 5.70. The van der Waals surface area contributed by atoms with Gasteiger partial charge in [0, 0.05) is 12.6 Å². The average molecular weight is 560 g/mol. The molecule has 0 saturated heterocycles. The largest absolute Gasteiger partial charge is 0.550 e. The minimum absolute atomic E-state index is 0.154. The maximum absolute atomic E-state index is 10.8. The Morgan fingerprint density at radius 3 is 2.27 bits per heavy atom. The number of aliphatic hydroxyl groups excluding tert-OH is 1. The van der Waals surface area contributed by atoms with Crippen molar-refractivity contribution in [2.45, 2.75) is 157 Å². The Balaban J connectivity index is 2.38. The van der Waals surface area contributed by atoms with Crippen LogP contribution in [0.4, 0.5) is 0 Å². The van der Waals surface area contributed by atoms with E-state index in [4.69, 9.17) is 4.74 Å². The number of hydrogen-bond donors (Lipinski definition) is 1. The zero-order valence-corrected chi connectivity index (χ0v) is 27.2. The third kappa shape index (κ3) is 15.6. The Hall–Kier alpha value is -1.39. The third-order valence-corrected chi connectivity index (χ3v) is 9.11. The van der Waals surface area contributed by atoms with E-state index in [0.29, 0.717) is 18.3 Å². The molecular formula is C36H63O4-. The summed E-state index contributed by atoms with van der Waals surface area (Å²) in [6.07, 6.45) is 23.4. The summed E-state index contributed by atoms with van der Waals surface area (Å²) in [6.45, 7) is 16.0. The second kappa shape index (κ2) is 21.3. The lowest BCUT2D eigenvalue weighted by atomic mass is 9.76. The quantitative estimate of drug-likeness (QED) is 0.106.